The Morgan fingerprint density at radius 1 is 1.33 bits per heavy atom. The number of ether oxygens (including phenoxy) is 2. The van der Waals surface area contributed by atoms with E-state index in [1.54, 1.807) is 0 Å². The standard InChI is InChI=1S/C27H29ClF2N2O4/c1-14(33)12-35-26(3)10-9-17(25(32)34)21(24(26)30)22-20-15(2)27(13-31,16-7-5-4-6-8-16)36-19(20)11-18(29)23(22)28/h4-11,14-15,24,33H,12-13,31H2,1-3H3,(H2,32,34)/t14-,15-,24?,26?,27-/m0/s1. The molecule has 1 aliphatic heterocycles. The second kappa shape index (κ2) is 9.59. The number of hydrogen-bond acceptors (Lipinski definition) is 5. The van der Waals surface area contributed by atoms with Crippen molar-refractivity contribution in [3.05, 3.63) is 81.7 Å². The molecule has 2 unspecified atom stereocenters. The van der Waals surface area contributed by atoms with Crippen molar-refractivity contribution in [1.29, 1.82) is 0 Å². The van der Waals surface area contributed by atoms with Crippen molar-refractivity contribution < 1.29 is 28.2 Å². The van der Waals surface area contributed by atoms with E-state index >= 15 is 8.78 Å². The molecule has 0 bridgehead atoms. The number of halogens is 3. The number of rotatable bonds is 7. The van der Waals surface area contributed by atoms with E-state index in [2.05, 4.69) is 0 Å². The van der Waals surface area contributed by atoms with Crippen molar-refractivity contribution in [2.75, 3.05) is 13.2 Å². The molecule has 0 aromatic heterocycles. The molecule has 1 aliphatic carbocycles. The molecule has 2 aromatic carbocycles. The molecule has 2 aliphatic rings. The Bertz CT molecular complexity index is 1250. The highest BCUT2D eigenvalue weighted by Gasteiger charge is 2.51. The summed E-state index contributed by atoms with van der Waals surface area (Å²) >= 11 is 6.49. The van der Waals surface area contributed by atoms with E-state index in [9.17, 15) is 9.90 Å². The lowest BCUT2D eigenvalue weighted by atomic mass is 9.74. The minimum absolute atomic E-state index is 0.0112. The Balaban J connectivity index is 1.96. The third kappa shape index (κ3) is 4.12. The summed E-state index contributed by atoms with van der Waals surface area (Å²) in [5, 5.41) is 9.32. The van der Waals surface area contributed by atoms with Crippen molar-refractivity contribution in [2.24, 2.45) is 11.5 Å². The third-order valence-electron chi connectivity index (χ3n) is 7.01. The van der Waals surface area contributed by atoms with E-state index in [1.807, 2.05) is 37.3 Å². The SMILES string of the molecule is C[C@H](O)COC1(C)C=CC(C(N)=O)=C(c2c(Cl)c(F)cc3c2[C@H](C)[C@@](CN)(c2ccccc2)O3)C1F. The van der Waals surface area contributed by atoms with E-state index in [0.717, 1.165) is 11.6 Å². The highest BCUT2D eigenvalue weighted by Crippen LogP contribution is 2.56. The summed E-state index contributed by atoms with van der Waals surface area (Å²) in [6, 6.07) is 10.4. The predicted octanol–water partition coefficient (Wildman–Crippen LogP) is 4.13. The van der Waals surface area contributed by atoms with Gasteiger partial charge in [0.15, 0.2) is 11.8 Å². The Labute approximate surface area is 213 Å². The van der Waals surface area contributed by atoms with Crippen molar-refractivity contribution >= 4 is 23.1 Å². The maximum Gasteiger partial charge on any atom is 0.249 e. The van der Waals surface area contributed by atoms with Gasteiger partial charge in [-0.05, 0) is 25.5 Å². The van der Waals surface area contributed by atoms with Crippen LogP contribution in [0.4, 0.5) is 8.78 Å². The quantitative estimate of drug-likeness (QED) is 0.511. The molecule has 4 rings (SSSR count). The molecule has 5 atom stereocenters. The van der Waals surface area contributed by atoms with E-state index in [0.29, 0.717) is 5.56 Å². The zero-order valence-electron chi connectivity index (χ0n) is 20.2. The molecule has 0 radical (unpaired) electrons. The minimum Gasteiger partial charge on any atom is -0.480 e. The highest BCUT2D eigenvalue weighted by atomic mass is 35.5. The zero-order chi connectivity index (χ0) is 26.4. The van der Waals surface area contributed by atoms with Gasteiger partial charge in [-0.2, -0.15) is 0 Å². The molecule has 0 spiro atoms. The monoisotopic (exact) mass is 518 g/mol. The van der Waals surface area contributed by atoms with Crippen LogP contribution in [0.1, 0.15) is 43.4 Å². The fourth-order valence-corrected chi connectivity index (χ4v) is 5.28. The molecule has 192 valence electrons. The molecule has 5 N–H and O–H groups in total. The number of aliphatic hydroxyl groups excluding tert-OH is 1. The van der Waals surface area contributed by atoms with Crippen LogP contribution in [0.2, 0.25) is 5.02 Å². The molecule has 6 nitrogen and oxygen atoms in total. The van der Waals surface area contributed by atoms with Crippen LogP contribution in [-0.2, 0) is 15.1 Å². The average Bonchev–Trinajstić information content (AvgIpc) is 3.13. The number of amides is 1. The van der Waals surface area contributed by atoms with Gasteiger partial charge in [-0.1, -0.05) is 54.9 Å². The summed E-state index contributed by atoms with van der Waals surface area (Å²) in [6.45, 7) is 4.68. The second-order valence-electron chi connectivity index (χ2n) is 9.47. The highest BCUT2D eigenvalue weighted by molar-refractivity contribution is 6.33. The fraction of sp³-hybridized carbons (Fsp3) is 0.370. The maximum atomic E-state index is 16.4. The summed E-state index contributed by atoms with van der Waals surface area (Å²) in [7, 11) is 0. The van der Waals surface area contributed by atoms with Gasteiger partial charge in [-0.3, -0.25) is 4.79 Å². The van der Waals surface area contributed by atoms with Gasteiger partial charge in [0, 0.05) is 40.8 Å². The molecule has 1 heterocycles. The fourth-order valence-electron chi connectivity index (χ4n) is 5.02. The van der Waals surface area contributed by atoms with Gasteiger partial charge in [0.1, 0.15) is 17.2 Å². The van der Waals surface area contributed by atoms with Crippen LogP contribution in [-0.4, -0.2) is 42.0 Å². The average molecular weight is 519 g/mol. The van der Waals surface area contributed by atoms with E-state index in [1.165, 1.54) is 26.0 Å². The summed E-state index contributed by atoms with van der Waals surface area (Å²) in [5.41, 5.74) is 9.99. The molecule has 1 amide bonds. The number of hydrogen-bond donors (Lipinski definition) is 3. The first kappa shape index (κ1) is 26.3. The van der Waals surface area contributed by atoms with Crippen molar-refractivity contribution in [3.8, 4) is 5.75 Å². The van der Waals surface area contributed by atoms with Gasteiger partial charge in [-0.15, -0.1) is 0 Å². The molecule has 36 heavy (non-hydrogen) atoms. The summed E-state index contributed by atoms with van der Waals surface area (Å²) in [4.78, 5) is 12.4. The maximum absolute atomic E-state index is 16.4. The molecule has 2 aromatic rings. The van der Waals surface area contributed by atoms with Crippen LogP contribution in [0.25, 0.3) is 5.57 Å². The van der Waals surface area contributed by atoms with Crippen LogP contribution in [0.15, 0.2) is 54.1 Å². The van der Waals surface area contributed by atoms with Crippen LogP contribution < -0.4 is 16.2 Å². The van der Waals surface area contributed by atoms with Crippen LogP contribution in [0.5, 0.6) is 5.75 Å². The summed E-state index contributed by atoms with van der Waals surface area (Å²) < 4.78 is 43.6. The van der Waals surface area contributed by atoms with Gasteiger partial charge >= 0.3 is 0 Å². The van der Waals surface area contributed by atoms with Gasteiger partial charge in [-0.25, -0.2) is 8.78 Å². The largest absolute Gasteiger partial charge is 0.480 e. The van der Waals surface area contributed by atoms with E-state index in [4.69, 9.17) is 32.5 Å². The number of benzene rings is 2. The van der Waals surface area contributed by atoms with Gasteiger partial charge in [0.2, 0.25) is 5.91 Å². The van der Waals surface area contributed by atoms with E-state index in [-0.39, 0.29) is 40.6 Å². The topological polar surface area (TPSA) is 108 Å². The number of carbonyl (C=O) groups is 1. The second-order valence-corrected chi connectivity index (χ2v) is 9.85. The predicted molar refractivity (Wildman–Crippen MR) is 134 cm³/mol. The lowest BCUT2D eigenvalue weighted by Crippen LogP contribution is -2.43. The number of nitrogens with two attached hydrogens (primary N) is 2. The normalized spacial score (nSPS) is 28.1. The van der Waals surface area contributed by atoms with Gasteiger partial charge in [0.25, 0.3) is 0 Å². The Morgan fingerprint density at radius 2 is 2.00 bits per heavy atom. The smallest absolute Gasteiger partial charge is 0.249 e. The lowest BCUT2D eigenvalue weighted by molar-refractivity contribution is -0.114. The first-order valence-corrected chi connectivity index (χ1v) is 12.0. The molecule has 0 saturated heterocycles. The number of primary amides is 1. The number of aliphatic hydroxyl groups is 1. The lowest BCUT2D eigenvalue weighted by Gasteiger charge is -2.37. The van der Waals surface area contributed by atoms with Crippen LogP contribution in [0.3, 0.4) is 0 Å². The van der Waals surface area contributed by atoms with Crippen molar-refractivity contribution in [3.63, 3.8) is 0 Å². The van der Waals surface area contributed by atoms with E-state index < -0.39 is 41.1 Å². The third-order valence-corrected chi connectivity index (χ3v) is 7.38. The number of fused-ring (bicyclic) bond motifs is 1. The molecular weight excluding hydrogens is 490 g/mol. The molecular formula is C27H29ClF2N2O4. The summed E-state index contributed by atoms with van der Waals surface area (Å²) in [5.74, 6) is -2.10. The summed E-state index contributed by atoms with van der Waals surface area (Å²) in [6.07, 6.45) is -0.120. The number of carbonyl (C=O) groups excluding carboxylic acids is 1. The van der Waals surface area contributed by atoms with Crippen LogP contribution in [0, 0.1) is 5.82 Å². The van der Waals surface area contributed by atoms with Gasteiger partial charge in [0.05, 0.1) is 17.7 Å². The minimum atomic E-state index is -1.97. The molecule has 0 saturated carbocycles. The van der Waals surface area contributed by atoms with Gasteiger partial charge < -0.3 is 26.0 Å². The zero-order valence-corrected chi connectivity index (χ0v) is 21.0. The molecule has 9 heteroatoms. The Hall–Kier alpha value is -2.78. The Morgan fingerprint density at radius 3 is 2.58 bits per heavy atom. The van der Waals surface area contributed by atoms with Crippen LogP contribution >= 0.6 is 11.6 Å². The number of alkyl halides is 1. The van der Waals surface area contributed by atoms with Crippen molar-refractivity contribution in [2.45, 2.75) is 50.2 Å². The first-order chi connectivity index (χ1) is 17.0. The molecule has 0 fully saturated rings. The first-order valence-electron chi connectivity index (χ1n) is 11.6. The van der Waals surface area contributed by atoms with Crippen molar-refractivity contribution in [1.82, 2.24) is 0 Å². The Kier molecular flexibility index (Phi) is 7.00.